The molecule has 2 fully saturated rings. The van der Waals surface area contributed by atoms with Gasteiger partial charge in [-0.1, -0.05) is 0 Å². The van der Waals surface area contributed by atoms with Crippen LogP contribution in [-0.4, -0.2) is 84.3 Å². The van der Waals surface area contributed by atoms with Gasteiger partial charge >= 0.3 is 0 Å². The molecule has 2 atom stereocenters. The van der Waals surface area contributed by atoms with Crippen LogP contribution in [0.25, 0.3) is 11.3 Å². The van der Waals surface area contributed by atoms with Crippen LogP contribution in [0.4, 0.5) is 34.9 Å². The maximum absolute atomic E-state index is 15.8. The molecule has 218 valence electrons. The number of halogens is 4. The Morgan fingerprint density at radius 2 is 1.76 bits per heavy atom. The Balaban J connectivity index is 1.56. The lowest BCUT2D eigenvalue weighted by molar-refractivity contribution is 0.100. The molecule has 2 aliphatic rings. The Kier molecular flexibility index (Phi) is 8.36. The summed E-state index contributed by atoms with van der Waals surface area (Å²) in [5.74, 6) is -2.11. The minimum absolute atomic E-state index is 0.0948. The van der Waals surface area contributed by atoms with Crippen LogP contribution in [0.15, 0.2) is 36.7 Å². The lowest BCUT2D eigenvalue weighted by Gasteiger charge is -2.44. The van der Waals surface area contributed by atoms with E-state index in [1.165, 1.54) is 18.3 Å². The van der Waals surface area contributed by atoms with Crippen LogP contribution < -0.4 is 15.1 Å². The number of anilines is 3. The number of aromatic nitrogens is 3. The van der Waals surface area contributed by atoms with Gasteiger partial charge in [-0.25, -0.2) is 32.5 Å². The lowest BCUT2D eigenvalue weighted by Crippen LogP contribution is -2.55. The maximum atomic E-state index is 15.8. The van der Waals surface area contributed by atoms with Gasteiger partial charge in [0.25, 0.3) is 12.3 Å². The van der Waals surface area contributed by atoms with Crippen LogP contribution in [-0.2, 0) is 4.74 Å². The second kappa shape index (κ2) is 12.0. The van der Waals surface area contributed by atoms with Crippen molar-refractivity contribution in [2.45, 2.75) is 32.4 Å². The molecule has 41 heavy (non-hydrogen) atoms. The normalized spacial score (nSPS) is 20.0. The number of nitrogens with zero attached hydrogens (tertiary/aromatic N) is 6. The third-order valence-electron chi connectivity index (χ3n) is 7.58. The molecule has 0 bridgehead atoms. The highest BCUT2D eigenvalue weighted by atomic mass is 19.3. The molecular formula is C28H31F4N7O2. The molecule has 0 spiro atoms. The van der Waals surface area contributed by atoms with Crippen LogP contribution in [0.5, 0.6) is 0 Å². The van der Waals surface area contributed by atoms with Gasteiger partial charge in [-0.15, -0.1) is 0 Å². The van der Waals surface area contributed by atoms with Crippen molar-refractivity contribution in [3.63, 3.8) is 0 Å². The van der Waals surface area contributed by atoms with E-state index in [2.05, 4.69) is 25.2 Å². The second-order valence-corrected chi connectivity index (χ2v) is 10.3. The summed E-state index contributed by atoms with van der Waals surface area (Å²) in [6.45, 7) is 7.36. The monoisotopic (exact) mass is 573 g/mol. The molecule has 2 aromatic heterocycles. The highest BCUT2D eigenvalue weighted by Crippen LogP contribution is 2.36. The quantitative estimate of drug-likeness (QED) is 0.435. The Morgan fingerprint density at radius 3 is 2.44 bits per heavy atom. The smallest absolute Gasteiger partial charge is 0.274 e. The van der Waals surface area contributed by atoms with Crippen molar-refractivity contribution in [2.75, 3.05) is 61.6 Å². The van der Waals surface area contributed by atoms with E-state index in [4.69, 9.17) is 4.74 Å². The first kappa shape index (κ1) is 28.7. The van der Waals surface area contributed by atoms with Crippen LogP contribution in [0.2, 0.25) is 0 Å². The Morgan fingerprint density at radius 1 is 1.05 bits per heavy atom. The number of amides is 1. The number of benzene rings is 1. The second-order valence-electron chi connectivity index (χ2n) is 10.3. The number of piperazine rings is 1. The van der Waals surface area contributed by atoms with Crippen molar-refractivity contribution in [1.29, 1.82) is 0 Å². The number of pyridine rings is 1. The summed E-state index contributed by atoms with van der Waals surface area (Å²) < 4.78 is 62.1. The number of nitrogens with one attached hydrogen (secondary N) is 1. The zero-order valence-corrected chi connectivity index (χ0v) is 23.0. The number of ether oxygens (including phenoxy) is 1. The minimum Gasteiger partial charge on any atom is -0.378 e. The van der Waals surface area contributed by atoms with E-state index in [9.17, 15) is 18.0 Å². The Labute approximate surface area is 235 Å². The van der Waals surface area contributed by atoms with Gasteiger partial charge < -0.3 is 19.9 Å². The third-order valence-corrected chi connectivity index (χ3v) is 7.58. The number of hydrogen-bond acceptors (Lipinski definition) is 8. The summed E-state index contributed by atoms with van der Waals surface area (Å²) in [6, 6.07) is 5.14. The summed E-state index contributed by atoms with van der Waals surface area (Å²) >= 11 is 0. The molecule has 1 aromatic carbocycles. The van der Waals surface area contributed by atoms with E-state index in [1.54, 1.807) is 6.07 Å². The van der Waals surface area contributed by atoms with Crippen LogP contribution >= 0.6 is 0 Å². The fourth-order valence-corrected chi connectivity index (χ4v) is 5.13. The molecule has 0 radical (unpaired) electrons. The van der Waals surface area contributed by atoms with E-state index >= 15 is 4.39 Å². The van der Waals surface area contributed by atoms with Gasteiger partial charge in [-0.3, -0.25) is 9.69 Å². The largest absolute Gasteiger partial charge is 0.378 e. The van der Waals surface area contributed by atoms with Crippen molar-refractivity contribution in [3.05, 3.63) is 59.6 Å². The Bertz CT molecular complexity index is 1410. The molecule has 0 unspecified atom stereocenters. The molecule has 2 saturated heterocycles. The van der Waals surface area contributed by atoms with Crippen molar-refractivity contribution in [1.82, 2.24) is 19.9 Å². The molecule has 3 aromatic rings. The fourth-order valence-electron chi connectivity index (χ4n) is 5.13. The summed E-state index contributed by atoms with van der Waals surface area (Å²) in [5, 5.41) is 2.65. The summed E-state index contributed by atoms with van der Waals surface area (Å²) in [6.07, 6.45) is -0.892. The highest BCUT2D eigenvalue weighted by Gasteiger charge is 2.30. The van der Waals surface area contributed by atoms with E-state index < -0.39 is 35.2 Å². The first-order chi connectivity index (χ1) is 19.6. The molecule has 4 heterocycles. The summed E-state index contributed by atoms with van der Waals surface area (Å²) in [4.78, 5) is 31.9. The predicted molar refractivity (Wildman–Crippen MR) is 146 cm³/mol. The van der Waals surface area contributed by atoms with E-state index in [-0.39, 0.29) is 29.0 Å². The first-order valence-corrected chi connectivity index (χ1v) is 13.3. The fraction of sp³-hybridized carbons (Fsp3) is 0.429. The first-order valence-electron chi connectivity index (χ1n) is 13.3. The van der Waals surface area contributed by atoms with Gasteiger partial charge in [0.2, 0.25) is 5.95 Å². The molecule has 9 nitrogen and oxygen atoms in total. The van der Waals surface area contributed by atoms with Crippen molar-refractivity contribution in [3.8, 4) is 11.3 Å². The van der Waals surface area contributed by atoms with Crippen LogP contribution in [0, 0.1) is 11.6 Å². The SMILES string of the molecule is C[C@@H]1CN(c2cc(F)c(-c3ccnc(N4CCOCC4)n3)cc2NC(=O)c2ncc(F)cc2C(F)F)C[C@H](C)N1C. The van der Waals surface area contributed by atoms with Gasteiger partial charge in [0, 0.05) is 50.0 Å². The summed E-state index contributed by atoms with van der Waals surface area (Å²) in [7, 11) is 2.01. The molecule has 1 amide bonds. The van der Waals surface area contributed by atoms with Gasteiger partial charge in [-0.05, 0) is 45.2 Å². The maximum Gasteiger partial charge on any atom is 0.274 e. The predicted octanol–water partition coefficient (Wildman–Crippen LogP) is 4.37. The number of alkyl halides is 2. The number of likely N-dealkylation sites (N-methyl/N-ethyl adjacent to an activating group) is 1. The number of rotatable bonds is 6. The van der Waals surface area contributed by atoms with Crippen molar-refractivity contribution < 1.29 is 27.1 Å². The van der Waals surface area contributed by atoms with Crippen molar-refractivity contribution in [2.24, 2.45) is 0 Å². The average Bonchev–Trinajstić information content (AvgIpc) is 2.96. The van der Waals surface area contributed by atoms with Gasteiger partial charge in [0.05, 0.1) is 42.0 Å². The number of hydrogen-bond donors (Lipinski definition) is 1. The molecule has 2 aliphatic heterocycles. The third kappa shape index (κ3) is 6.10. The Hall–Kier alpha value is -3.84. The number of carbonyl (C=O) groups is 1. The van der Waals surface area contributed by atoms with E-state index in [1.807, 2.05) is 30.7 Å². The highest BCUT2D eigenvalue weighted by molar-refractivity contribution is 6.06. The van der Waals surface area contributed by atoms with Gasteiger partial charge in [0.1, 0.15) is 17.3 Å². The van der Waals surface area contributed by atoms with Crippen LogP contribution in [0.3, 0.4) is 0 Å². The van der Waals surface area contributed by atoms with E-state index in [0.717, 1.165) is 0 Å². The molecule has 5 rings (SSSR count). The van der Waals surface area contributed by atoms with Crippen LogP contribution in [0.1, 0.15) is 36.3 Å². The van der Waals surface area contributed by atoms with Gasteiger partial charge in [-0.2, -0.15) is 0 Å². The molecule has 13 heteroatoms. The standard InChI is InChI=1S/C28H31F4N7O2/c1-16-14-39(15-17(2)37(16)3)24-12-21(30)19(22-4-5-33-28(36-22)38-6-8-41-9-7-38)11-23(24)35-27(40)25-20(26(31)32)10-18(29)13-34-25/h4-5,10-13,16-17,26H,6-9,14-15H2,1-3H3,(H,35,40)/t16-,17+. The number of morpholine rings is 1. The molecular weight excluding hydrogens is 542 g/mol. The zero-order chi connectivity index (χ0) is 29.3. The molecule has 1 N–H and O–H groups in total. The molecule has 0 aliphatic carbocycles. The van der Waals surface area contributed by atoms with Gasteiger partial charge in [0.15, 0.2) is 0 Å². The average molecular weight is 574 g/mol. The number of carbonyl (C=O) groups excluding carboxylic acids is 1. The van der Waals surface area contributed by atoms with Crippen molar-refractivity contribution >= 4 is 23.2 Å². The lowest BCUT2D eigenvalue weighted by atomic mass is 10.0. The zero-order valence-electron chi connectivity index (χ0n) is 23.0. The molecule has 0 saturated carbocycles. The minimum atomic E-state index is -3.12. The van der Waals surface area contributed by atoms with E-state index in [0.29, 0.717) is 63.3 Å². The topological polar surface area (TPSA) is 86.7 Å². The summed E-state index contributed by atoms with van der Waals surface area (Å²) in [5.41, 5.74) is -0.497.